The van der Waals surface area contributed by atoms with E-state index in [-0.39, 0.29) is 0 Å². The number of aliphatic imine (C=N–C) groups is 2. The number of aryl methyl sites for hydroxylation is 2. The lowest BCUT2D eigenvalue weighted by Gasteiger charge is -2.11. The van der Waals surface area contributed by atoms with Gasteiger partial charge in [0, 0.05) is 32.1 Å². The maximum Gasteiger partial charge on any atom is 0.128 e. The highest BCUT2D eigenvalue weighted by molar-refractivity contribution is 9.10. The van der Waals surface area contributed by atoms with Crippen LogP contribution >= 0.6 is 43.5 Å². The Hall–Kier alpha value is -3.07. The van der Waals surface area contributed by atoms with Gasteiger partial charge in [-0.2, -0.15) is 0 Å². The largest absolute Gasteiger partial charge is 0.384 e. The van der Waals surface area contributed by atoms with Crippen molar-refractivity contribution in [2.75, 3.05) is 18.4 Å². The molecule has 2 aromatic carbocycles. The molecule has 4 aromatic rings. The van der Waals surface area contributed by atoms with Crippen molar-refractivity contribution in [2.24, 2.45) is 15.7 Å². The molecule has 0 fully saturated rings. The number of benzene rings is 2. The second kappa shape index (κ2) is 13.3. The van der Waals surface area contributed by atoms with Gasteiger partial charge in [-0.05, 0) is 111 Å². The Bertz CT molecular complexity index is 1770. The smallest absolute Gasteiger partial charge is 0.128 e. The fraction of sp³-hybridized carbons (Fsp3) is 0.250. The molecule has 0 unspecified atom stereocenters. The Morgan fingerprint density at radius 1 is 0.732 bits per heavy atom. The predicted octanol–water partition coefficient (Wildman–Crippen LogP) is 9.12. The van der Waals surface area contributed by atoms with Gasteiger partial charge in [0.25, 0.3) is 0 Å². The summed E-state index contributed by atoms with van der Waals surface area (Å²) >= 11 is 13.1. The Morgan fingerprint density at radius 2 is 1.27 bits per heavy atom. The summed E-state index contributed by atoms with van der Waals surface area (Å²) in [6, 6.07) is 12.0. The van der Waals surface area contributed by atoms with Crippen LogP contribution in [0.25, 0.3) is 21.8 Å². The van der Waals surface area contributed by atoms with Gasteiger partial charge in [-0.3, -0.25) is 20.0 Å². The van der Waals surface area contributed by atoms with Gasteiger partial charge in [-0.1, -0.05) is 43.5 Å². The number of hydrogen-bond acceptors (Lipinski definition) is 6. The molecule has 0 spiro atoms. The molecular weight excluding hydrogens is 664 g/mol. The average Bonchev–Trinajstić information content (AvgIpc) is 3.41. The quantitative estimate of drug-likeness (QED) is 0.208. The van der Waals surface area contributed by atoms with Gasteiger partial charge in [0.05, 0.1) is 34.8 Å². The molecular formula is C32H33Br2ClN6. The second-order valence-electron chi connectivity index (χ2n) is 10.2. The summed E-state index contributed by atoms with van der Waals surface area (Å²) in [7, 11) is 0. The maximum absolute atomic E-state index is 6.02. The Kier molecular flexibility index (Phi) is 10.00. The number of hydrogen-bond donors (Lipinski definition) is 2. The van der Waals surface area contributed by atoms with Gasteiger partial charge in [0.2, 0.25) is 0 Å². The molecule has 3 N–H and O–H groups in total. The number of rotatable bonds is 1. The average molecular weight is 697 g/mol. The summed E-state index contributed by atoms with van der Waals surface area (Å²) in [6.07, 6.45) is 3.55. The molecule has 41 heavy (non-hydrogen) atoms. The molecule has 0 saturated heterocycles. The first-order valence-electron chi connectivity index (χ1n) is 13.2. The maximum atomic E-state index is 6.02. The molecule has 2 aromatic heterocycles. The van der Waals surface area contributed by atoms with Crippen LogP contribution in [0.5, 0.6) is 0 Å². The molecule has 0 aliphatic carbocycles. The van der Waals surface area contributed by atoms with Crippen LogP contribution in [0, 0.1) is 13.8 Å². The Balaban J connectivity index is 0.000000158. The Labute approximate surface area is 263 Å². The van der Waals surface area contributed by atoms with Crippen molar-refractivity contribution in [2.45, 2.75) is 41.5 Å². The van der Waals surface area contributed by atoms with Crippen LogP contribution in [-0.4, -0.2) is 34.7 Å². The van der Waals surface area contributed by atoms with Crippen molar-refractivity contribution in [1.82, 2.24) is 9.97 Å². The van der Waals surface area contributed by atoms with Crippen molar-refractivity contribution in [3.05, 3.63) is 96.2 Å². The third-order valence-electron chi connectivity index (χ3n) is 7.22. The number of nitrogens with two attached hydrogens (primary N) is 1. The fourth-order valence-electron chi connectivity index (χ4n) is 4.17. The number of fused-ring (bicyclic) bond motifs is 2. The van der Waals surface area contributed by atoms with Gasteiger partial charge in [0.15, 0.2) is 0 Å². The van der Waals surface area contributed by atoms with E-state index >= 15 is 0 Å². The van der Waals surface area contributed by atoms with Crippen LogP contribution in [-0.2, 0) is 0 Å². The molecule has 2 aliphatic rings. The third-order valence-corrected chi connectivity index (χ3v) is 9.26. The van der Waals surface area contributed by atoms with Gasteiger partial charge in [0.1, 0.15) is 11.7 Å². The van der Waals surface area contributed by atoms with Crippen LogP contribution in [0.3, 0.4) is 0 Å². The molecule has 4 heterocycles. The predicted molar refractivity (Wildman–Crippen MR) is 183 cm³/mol. The summed E-state index contributed by atoms with van der Waals surface area (Å²) in [5, 5.41) is 6.27. The van der Waals surface area contributed by atoms with E-state index in [0.717, 1.165) is 66.0 Å². The number of nitrogens with zero attached hydrogens (tertiary/aromatic N) is 4. The van der Waals surface area contributed by atoms with E-state index in [1.807, 2.05) is 38.2 Å². The van der Waals surface area contributed by atoms with Gasteiger partial charge in [-0.15, -0.1) is 0 Å². The SMILES string of the molecule is CC1=C(C)C(N)=NC1.CC1=C(C)C(Nc2ccnc3cc(C)c(Br)cc23)=NC1.Cc1cc2nccc(Cl)c2cc1Br. The number of pyridine rings is 2. The molecule has 0 saturated carbocycles. The zero-order valence-electron chi connectivity index (χ0n) is 24.0. The molecule has 2 aliphatic heterocycles. The number of anilines is 1. The number of nitrogens with one attached hydrogen (secondary N) is 1. The first kappa shape index (κ1) is 30.9. The number of amidine groups is 2. The summed E-state index contributed by atoms with van der Waals surface area (Å²) in [6.45, 7) is 14.0. The number of aromatic nitrogens is 2. The second-order valence-corrected chi connectivity index (χ2v) is 12.3. The normalized spacial score (nSPS) is 14.5. The first-order chi connectivity index (χ1) is 19.5. The minimum atomic E-state index is 0.711. The van der Waals surface area contributed by atoms with E-state index in [0.29, 0.717) is 5.84 Å². The summed E-state index contributed by atoms with van der Waals surface area (Å²) in [5.74, 6) is 1.68. The van der Waals surface area contributed by atoms with Gasteiger partial charge >= 0.3 is 0 Å². The fourth-order valence-corrected chi connectivity index (χ4v) is 5.07. The summed E-state index contributed by atoms with van der Waals surface area (Å²) < 4.78 is 2.16. The van der Waals surface area contributed by atoms with Gasteiger partial charge in [-0.25, -0.2) is 0 Å². The van der Waals surface area contributed by atoms with E-state index in [9.17, 15) is 0 Å². The number of halogens is 3. The highest BCUT2D eigenvalue weighted by Crippen LogP contribution is 2.29. The highest BCUT2D eigenvalue weighted by Gasteiger charge is 2.14. The summed E-state index contributed by atoms with van der Waals surface area (Å²) in [5.41, 5.74) is 15.8. The molecule has 6 rings (SSSR count). The van der Waals surface area contributed by atoms with E-state index in [1.54, 1.807) is 12.3 Å². The first-order valence-corrected chi connectivity index (χ1v) is 15.1. The van der Waals surface area contributed by atoms with Gasteiger partial charge < -0.3 is 11.1 Å². The lowest BCUT2D eigenvalue weighted by atomic mass is 10.1. The lowest BCUT2D eigenvalue weighted by molar-refractivity contribution is 1.16. The zero-order chi connectivity index (χ0) is 29.8. The van der Waals surface area contributed by atoms with E-state index < -0.39 is 0 Å². The third kappa shape index (κ3) is 7.23. The minimum absolute atomic E-state index is 0.711. The molecule has 0 atom stereocenters. The molecule has 212 valence electrons. The topological polar surface area (TPSA) is 88.5 Å². The Morgan fingerprint density at radius 3 is 1.78 bits per heavy atom. The molecule has 9 heteroatoms. The van der Waals surface area contributed by atoms with E-state index in [2.05, 4.69) is 97.0 Å². The van der Waals surface area contributed by atoms with Crippen LogP contribution in [0.1, 0.15) is 38.8 Å². The monoisotopic (exact) mass is 694 g/mol. The van der Waals surface area contributed by atoms with Crippen LogP contribution in [0.2, 0.25) is 5.02 Å². The molecule has 0 bridgehead atoms. The lowest BCUT2D eigenvalue weighted by Crippen LogP contribution is -2.11. The van der Waals surface area contributed by atoms with E-state index in [4.69, 9.17) is 17.3 Å². The zero-order valence-corrected chi connectivity index (χ0v) is 28.0. The summed E-state index contributed by atoms with van der Waals surface area (Å²) in [4.78, 5) is 17.2. The van der Waals surface area contributed by atoms with Crippen LogP contribution < -0.4 is 11.1 Å². The molecule has 0 amide bonds. The molecule has 6 nitrogen and oxygen atoms in total. The minimum Gasteiger partial charge on any atom is -0.384 e. The van der Waals surface area contributed by atoms with Crippen molar-refractivity contribution in [1.29, 1.82) is 0 Å². The van der Waals surface area contributed by atoms with Crippen molar-refractivity contribution in [3.63, 3.8) is 0 Å². The van der Waals surface area contributed by atoms with Crippen molar-refractivity contribution < 1.29 is 0 Å². The van der Waals surface area contributed by atoms with Crippen LogP contribution in [0.4, 0.5) is 5.69 Å². The standard InChI is InChI=1S/C16H16BrN3.C10H7BrClN.C6H10N2/c1-9-6-15-12(7-13(9)17)14(4-5-18-15)20-16-11(3)10(2)8-19-16;1-6-4-10-7(5-8(6)11)9(12)2-3-13-10;1-4-3-8-6(7)5(4)2/h4-7H,8H2,1-3H3,(H,18,19,20);2-5H,1H3;3H2,1-2H3,(H2,7,8). The van der Waals surface area contributed by atoms with E-state index in [1.165, 1.54) is 27.8 Å². The van der Waals surface area contributed by atoms with Crippen LogP contribution in [0.15, 0.2) is 90.0 Å². The van der Waals surface area contributed by atoms with Crippen molar-refractivity contribution >= 4 is 82.6 Å². The highest BCUT2D eigenvalue weighted by atomic mass is 79.9. The molecule has 0 radical (unpaired) electrons. The van der Waals surface area contributed by atoms with Crippen molar-refractivity contribution in [3.8, 4) is 0 Å².